The monoisotopic (exact) mass is 565 g/mol. The number of methoxy groups -OCH3 is 1. The summed E-state index contributed by atoms with van der Waals surface area (Å²) >= 11 is 21.2. The number of aromatic amines is 1. The number of nitrogens with one attached hydrogen (secondary N) is 2. The van der Waals surface area contributed by atoms with E-state index in [-0.39, 0.29) is 6.61 Å². The van der Waals surface area contributed by atoms with E-state index in [1.54, 1.807) is 36.3 Å². The highest BCUT2D eigenvalue weighted by Gasteiger charge is 2.14. The van der Waals surface area contributed by atoms with E-state index in [1.807, 2.05) is 30.3 Å². The van der Waals surface area contributed by atoms with Crippen LogP contribution in [0.25, 0.3) is 11.4 Å². The summed E-state index contributed by atoms with van der Waals surface area (Å²) < 4.78 is 14.5. The summed E-state index contributed by atoms with van der Waals surface area (Å²) in [5.41, 5.74) is 5.94. The lowest BCUT2D eigenvalue weighted by atomic mass is 10.2. The summed E-state index contributed by atoms with van der Waals surface area (Å²) in [4.78, 5) is 4.04. The molecule has 0 fully saturated rings. The second-order valence-corrected chi connectivity index (χ2v) is 8.96. The van der Waals surface area contributed by atoms with E-state index in [2.05, 4.69) is 36.5 Å². The lowest BCUT2D eigenvalue weighted by molar-refractivity contribution is 0.284. The highest BCUT2D eigenvalue weighted by atomic mass is 79.9. The van der Waals surface area contributed by atoms with Crippen LogP contribution in [-0.2, 0) is 13.2 Å². The molecule has 0 saturated carbocycles. The third kappa shape index (κ3) is 5.50. The molecule has 4 aromatic rings. The number of rotatable bonds is 8. The van der Waals surface area contributed by atoms with Crippen LogP contribution >= 0.6 is 51.3 Å². The first-order valence-corrected chi connectivity index (χ1v) is 11.7. The molecule has 11 heteroatoms. The third-order valence-corrected chi connectivity index (χ3v) is 6.37. The highest BCUT2D eigenvalue weighted by Crippen LogP contribution is 2.35. The molecule has 0 amide bonds. The molecule has 0 aliphatic heterocycles. The first-order chi connectivity index (χ1) is 16.0. The van der Waals surface area contributed by atoms with Gasteiger partial charge in [-0.25, -0.2) is 9.77 Å². The molecule has 0 aliphatic carbocycles. The Hall–Kier alpha value is -2.59. The largest absolute Gasteiger partial charge is 0.493 e. The summed E-state index contributed by atoms with van der Waals surface area (Å²) in [7, 11) is 1.59. The van der Waals surface area contributed by atoms with E-state index in [4.69, 9.17) is 44.9 Å². The molecule has 33 heavy (non-hydrogen) atoms. The number of ether oxygens (including phenoxy) is 2. The Balaban J connectivity index is 1.52. The molecule has 2 aromatic carbocycles. The minimum absolute atomic E-state index is 0.274. The maximum atomic E-state index is 6.25. The van der Waals surface area contributed by atoms with Crippen LogP contribution in [0.1, 0.15) is 11.1 Å². The van der Waals surface area contributed by atoms with Gasteiger partial charge in [-0.15, -0.1) is 0 Å². The maximum Gasteiger partial charge on any atom is 0.214 e. The van der Waals surface area contributed by atoms with Gasteiger partial charge in [-0.3, -0.25) is 4.98 Å². The van der Waals surface area contributed by atoms with Gasteiger partial charge >= 0.3 is 0 Å². The van der Waals surface area contributed by atoms with E-state index in [0.29, 0.717) is 38.7 Å². The second-order valence-electron chi connectivity index (χ2n) is 6.88. The Bertz CT molecular complexity index is 1330. The molecule has 0 atom stereocenters. The van der Waals surface area contributed by atoms with E-state index < -0.39 is 0 Å². The molecule has 0 spiro atoms. The van der Waals surface area contributed by atoms with Crippen molar-refractivity contribution in [1.82, 2.24) is 19.9 Å². The van der Waals surface area contributed by atoms with E-state index in [0.717, 1.165) is 21.2 Å². The molecular weight excluding hydrogens is 549 g/mol. The van der Waals surface area contributed by atoms with E-state index in [1.165, 1.54) is 0 Å². The molecule has 0 unspecified atom stereocenters. The SMILES string of the molecule is COc1cc(CNn2c(-c3ccncc3)n[nH]c2=S)c(Br)cc1OCc1ccc(Cl)cc1Cl. The topological polar surface area (TPSA) is 77.0 Å². The third-order valence-electron chi connectivity index (χ3n) is 4.77. The number of hydrogen-bond donors (Lipinski definition) is 2. The maximum absolute atomic E-state index is 6.25. The van der Waals surface area contributed by atoms with Crippen LogP contribution in [0.4, 0.5) is 0 Å². The van der Waals surface area contributed by atoms with Crippen molar-refractivity contribution in [3.05, 3.63) is 85.3 Å². The van der Waals surface area contributed by atoms with Crippen molar-refractivity contribution in [2.75, 3.05) is 12.5 Å². The lowest BCUT2D eigenvalue weighted by Gasteiger charge is -2.16. The predicted molar refractivity (Wildman–Crippen MR) is 135 cm³/mol. The van der Waals surface area contributed by atoms with Gasteiger partial charge < -0.3 is 14.9 Å². The van der Waals surface area contributed by atoms with Crippen molar-refractivity contribution in [3.8, 4) is 22.9 Å². The summed E-state index contributed by atoms with van der Waals surface area (Å²) in [5, 5.41) is 8.25. The smallest absolute Gasteiger partial charge is 0.214 e. The van der Waals surface area contributed by atoms with Crippen LogP contribution in [0.3, 0.4) is 0 Å². The molecule has 4 rings (SSSR count). The first kappa shape index (κ1) is 23.6. The first-order valence-electron chi connectivity index (χ1n) is 9.71. The summed E-state index contributed by atoms with van der Waals surface area (Å²) in [6.45, 7) is 0.724. The molecule has 0 saturated heterocycles. The zero-order valence-corrected chi connectivity index (χ0v) is 21.2. The minimum atomic E-state index is 0.274. The van der Waals surface area contributed by atoms with Gasteiger partial charge in [0.25, 0.3) is 0 Å². The molecule has 0 bridgehead atoms. The van der Waals surface area contributed by atoms with Crippen molar-refractivity contribution in [1.29, 1.82) is 0 Å². The normalized spacial score (nSPS) is 10.8. The average molecular weight is 567 g/mol. The van der Waals surface area contributed by atoms with E-state index >= 15 is 0 Å². The van der Waals surface area contributed by atoms with Crippen molar-refractivity contribution in [2.24, 2.45) is 0 Å². The van der Waals surface area contributed by atoms with Gasteiger partial charge in [-0.1, -0.05) is 45.2 Å². The molecule has 170 valence electrons. The quantitative estimate of drug-likeness (QED) is 0.240. The Morgan fingerprint density at radius 2 is 1.88 bits per heavy atom. The van der Waals surface area contributed by atoms with Crippen molar-refractivity contribution < 1.29 is 9.47 Å². The number of pyridine rings is 1. The second kappa shape index (κ2) is 10.6. The van der Waals surface area contributed by atoms with Gasteiger partial charge in [0.1, 0.15) is 6.61 Å². The number of hydrogen-bond acceptors (Lipinski definition) is 6. The van der Waals surface area contributed by atoms with Gasteiger partial charge in [0.2, 0.25) is 4.77 Å². The fraction of sp³-hybridized carbons (Fsp3) is 0.136. The van der Waals surface area contributed by atoms with Crippen LogP contribution in [0.15, 0.2) is 59.3 Å². The van der Waals surface area contributed by atoms with Crippen molar-refractivity contribution in [3.63, 3.8) is 0 Å². The zero-order chi connectivity index (χ0) is 23.4. The lowest BCUT2D eigenvalue weighted by Crippen LogP contribution is -2.16. The summed E-state index contributed by atoms with van der Waals surface area (Å²) in [5.74, 6) is 1.83. The number of benzene rings is 2. The van der Waals surface area contributed by atoms with Crippen LogP contribution in [0.5, 0.6) is 11.5 Å². The average Bonchev–Trinajstić information content (AvgIpc) is 3.18. The van der Waals surface area contributed by atoms with Gasteiger partial charge in [0, 0.05) is 38.0 Å². The van der Waals surface area contributed by atoms with Crippen LogP contribution in [0.2, 0.25) is 10.0 Å². The Labute approximate surface area is 213 Å². The van der Waals surface area contributed by atoms with Gasteiger partial charge in [0.15, 0.2) is 17.3 Å². The molecule has 2 heterocycles. The molecule has 2 aromatic heterocycles. The fourth-order valence-corrected chi connectivity index (χ4v) is 4.20. The number of H-pyrrole nitrogens is 1. The number of aromatic nitrogens is 4. The molecule has 0 radical (unpaired) electrons. The van der Waals surface area contributed by atoms with Crippen molar-refractivity contribution >= 4 is 51.3 Å². The fourth-order valence-electron chi connectivity index (χ4n) is 3.08. The highest BCUT2D eigenvalue weighted by molar-refractivity contribution is 9.10. The minimum Gasteiger partial charge on any atom is -0.493 e. The number of halogens is 3. The van der Waals surface area contributed by atoms with Crippen LogP contribution in [-0.4, -0.2) is 27.0 Å². The predicted octanol–water partition coefficient (Wildman–Crippen LogP) is 6.40. The Morgan fingerprint density at radius 3 is 2.61 bits per heavy atom. The Morgan fingerprint density at radius 1 is 1.09 bits per heavy atom. The standard InChI is InChI=1S/C22H18BrCl2N5O2S/c1-31-19-8-15(11-27-30-21(28-29-22(30)33)13-4-6-26-7-5-13)17(23)10-20(19)32-12-14-2-3-16(24)9-18(14)25/h2-10,27H,11-12H2,1H3,(H,29,33). The molecule has 2 N–H and O–H groups in total. The molecule has 0 aliphatic rings. The Kier molecular flexibility index (Phi) is 7.54. The molecule has 7 nitrogen and oxygen atoms in total. The zero-order valence-electron chi connectivity index (χ0n) is 17.3. The van der Waals surface area contributed by atoms with Gasteiger partial charge in [0.05, 0.1) is 13.7 Å². The van der Waals surface area contributed by atoms with Crippen molar-refractivity contribution in [2.45, 2.75) is 13.2 Å². The summed E-state index contributed by atoms with van der Waals surface area (Å²) in [6, 6.07) is 12.8. The molecular formula is C22H18BrCl2N5O2S. The van der Waals surface area contributed by atoms with Gasteiger partial charge in [-0.2, -0.15) is 5.10 Å². The summed E-state index contributed by atoms with van der Waals surface area (Å²) in [6.07, 6.45) is 3.41. The van der Waals surface area contributed by atoms with E-state index in [9.17, 15) is 0 Å². The van der Waals surface area contributed by atoms with Crippen LogP contribution < -0.4 is 14.9 Å². The van der Waals surface area contributed by atoms with Gasteiger partial charge in [-0.05, 0) is 54.2 Å². The van der Waals surface area contributed by atoms with Crippen LogP contribution in [0, 0.1) is 4.77 Å². The number of nitrogens with zero attached hydrogens (tertiary/aromatic N) is 3.